The van der Waals surface area contributed by atoms with Gasteiger partial charge in [-0.1, -0.05) is 53.6 Å². The van der Waals surface area contributed by atoms with Crippen LogP contribution >= 0.6 is 0 Å². The molecule has 1 aromatic heterocycles. The molecule has 1 unspecified atom stereocenters. The van der Waals surface area contributed by atoms with Crippen molar-refractivity contribution in [3.63, 3.8) is 0 Å². The molecule has 29 heavy (non-hydrogen) atoms. The Morgan fingerprint density at radius 3 is 2.34 bits per heavy atom. The molecular weight excluding hydrogens is 366 g/mol. The Balaban J connectivity index is 1.33. The van der Waals surface area contributed by atoms with Crippen LogP contribution in [0.1, 0.15) is 12.5 Å². The van der Waals surface area contributed by atoms with Crippen molar-refractivity contribution in [2.45, 2.75) is 19.5 Å². The van der Waals surface area contributed by atoms with Gasteiger partial charge in [-0.3, -0.25) is 9.69 Å². The van der Waals surface area contributed by atoms with E-state index < -0.39 is 0 Å². The molecule has 0 saturated carbocycles. The summed E-state index contributed by atoms with van der Waals surface area (Å²) >= 11 is 0. The van der Waals surface area contributed by atoms with Gasteiger partial charge in [-0.15, -0.1) is 0 Å². The maximum Gasteiger partial charge on any atom is 0.250 e. The normalized spacial score (nSPS) is 15.8. The van der Waals surface area contributed by atoms with E-state index in [1.54, 1.807) is 4.68 Å². The minimum Gasteiger partial charge on any atom is -0.351 e. The molecule has 4 rings (SSSR count). The van der Waals surface area contributed by atoms with E-state index in [-0.39, 0.29) is 11.9 Å². The fraction of sp³-hybridized carbons (Fsp3) is 0.333. The summed E-state index contributed by atoms with van der Waals surface area (Å²) in [6, 6.07) is 19.7. The molecule has 150 valence electrons. The lowest BCUT2D eigenvalue weighted by molar-refractivity contribution is -0.126. The molecule has 8 heteroatoms. The van der Waals surface area contributed by atoms with Crippen LogP contribution in [0.5, 0.6) is 0 Å². The predicted molar refractivity (Wildman–Crippen MR) is 111 cm³/mol. The Kier molecular flexibility index (Phi) is 5.81. The first-order valence-corrected chi connectivity index (χ1v) is 9.87. The van der Waals surface area contributed by atoms with Crippen LogP contribution in [0.25, 0.3) is 5.69 Å². The number of rotatable bonds is 6. The molecule has 8 nitrogen and oxygen atoms in total. The molecule has 1 fully saturated rings. The standard InChI is InChI=1S/C21H25N7O/c1-17(20(29)22-16-18-8-4-2-5-9-18)26-12-14-27(15-13-26)21-23-24-25-28(21)19-10-6-3-7-11-19/h2-11,17H,12-16H2,1H3,(H,22,29). The number of carbonyl (C=O) groups is 1. The molecule has 2 heterocycles. The summed E-state index contributed by atoms with van der Waals surface area (Å²) in [5, 5.41) is 15.2. The van der Waals surface area contributed by atoms with Crippen molar-refractivity contribution < 1.29 is 4.79 Å². The molecule has 1 aliphatic rings. The smallest absolute Gasteiger partial charge is 0.250 e. The van der Waals surface area contributed by atoms with Crippen LogP contribution in [0.15, 0.2) is 60.7 Å². The van der Waals surface area contributed by atoms with Crippen LogP contribution in [0.2, 0.25) is 0 Å². The molecule has 0 spiro atoms. The van der Waals surface area contributed by atoms with E-state index in [0.717, 1.165) is 43.4 Å². The summed E-state index contributed by atoms with van der Waals surface area (Å²) in [6.07, 6.45) is 0. The van der Waals surface area contributed by atoms with Gasteiger partial charge in [0.25, 0.3) is 0 Å². The third-order valence-electron chi connectivity index (χ3n) is 5.29. The lowest BCUT2D eigenvalue weighted by Gasteiger charge is -2.37. The summed E-state index contributed by atoms with van der Waals surface area (Å²) in [7, 11) is 0. The lowest BCUT2D eigenvalue weighted by Crippen LogP contribution is -2.54. The Morgan fingerprint density at radius 1 is 1.00 bits per heavy atom. The van der Waals surface area contributed by atoms with E-state index in [1.807, 2.05) is 67.6 Å². The molecule has 1 saturated heterocycles. The average molecular weight is 391 g/mol. The highest BCUT2D eigenvalue weighted by Crippen LogP contribution is 2.17. The number of hydrogen-bond donors (Lipinski definition) is 1. The minimum atomic E-state index is -0.175. The van der Waals surface area contributed by atoms with Crippen molar-refractivity contribution in [3.05, 3.63) is 66.2 Å². The van der Waals surface area contributed by atoms with Gasteiger partial charge < -0.3 is 10.2 Å². The van der Waals surface area contributed by atoms with Gasteiger partial charge in [-0.25, -0.2) is 0 Å². The van der Waals surface area contributed by atoms with Gasteiger partial charge in [0.15, 0.2) is 0 Å². The first-order valence-electron chi connectivity index (χ1n) is 9.87. The molecule has 0 aliphatic carbocycles. The van der Waals surface area contributed by atoms with Gasteiger partial charge in [-0.2, -0.15) is 4.68 Å². The van der Waals surface area contributed by atoms with Crippen LogP contribution in [0, 0.1) is 0 Å². The zero-order chi connectivity index (χ0) is 20.1. The van der Waals surface area contributed by atoms with Crippen LogP contribution < -0.4 is 10.2 Å². The fourth-order valence-corrected chi connectivity index (χ4v) is 3.52. The number of piperazine rings is 1. The number of hydrogen-bond acceptors (Lipinski definition) is 6. The molecule has 3 aromatic rings. The molecule has 1 aliphatic heterocycles. The highest BCUT2D eigenvalue weighted by atomic mass is 16.2. The quantitative estimate of drug-likeness (QED) is 0.686. The van der Waals surface area contributed by atoms with Crippen molar-refractivity contribution in [2.24, 2.45) is 0 Å². The van der Waals surface area contributed by atoms with Crippen molar-refractivity contribution in [1.29, 1.82) is 0 Å². The number of nitrogens with zero attached hydrogens (tertiary/aromatic N) is 6. The number of anilines is 1. The van der Waals surface area contributed by atoms with E-state index >= 15 is 0 Å². The van der Waals surface area contributed by atoms with Gasteiger partial charge in [-0.05, 0) is 35.0 Å². The van der Waals surface area contributed by atoms with Crippen molar-refractivity contribution >= 4 is 11.9 Å². The second kappa shape index (κ2) is 8.83. The summed E-state index contributed by atoms with van der Waals surface area (Å²) in [6.45, 7) is 5.61. The number of tetrazole rings is 1. The number of nitrogens with one attached hydrogen (secondary N) is 1. The molecule has 1 amide bonds. The average Bonchev–Trinajstić information content (AvgIpc) is 3.28. The second-order valence-corrected chi connectivity index (χ2v) is 7.13. The van der Waals surface area contributed by atoms with Gasteiger partial charge in [0.1, 0.15) is 0 Å². The maximum absolute atomic E-state index is 12.6. The summed E-state index contributed by atoms with van der Waals surface area (Å²) in [5.41, 5.74) is 2.04. The molecule has 1 atom stereocenters. The van der Waals surface area contributed by atoms with Gasteiger partial charge >= 0.3 is 0 Å². The SMILES string of the molecule is CC(C(=O)NCc1ccccc1)N1CCN(c2nnnn2-c2ccccc2)CC1. The highest BCUT2D eigenvalue weighted by Gasteiger charge is 2.27. The summed E-state index contributed by atoms with van der Waals surface area (Å²) in [4.78, 5) is 16.9. The predicted octanol–water partition coefficient (Wildman–Crippen LogP) is 1.49. The van der Waals surface area contributed by atoms with E-state index in [9.17, 15) is 4.79 Å². The monoisotopic (exact) mass is 391 g/mol. The van der Waals surface area contributed by atoms with Gasteiger partial charge in [0.05, 0.1) is 11.7 Å². The first kappa shape index (κ1) is 19.1. The number of benzene rings is 2. The molecule has 0 radical (unpaired) electrons. The first-order chi connectivity index (χ1) is 14.2. The highest BCUT2D eigenvalue weighted by molar-refractivity contribution is 5.81. The third-order valence-corrected chi connectivity index (χ3v) is 5.29. The lowest BCUT2D eigenvalue weighted by atomic mass is 10.2. The van der Waals surface area contributed by atoms with Crippen LogP contribution in [0.4, 0.5) is 5.95 Å². The van der Waals surface area contributed by atoms with Gasteiger partial charge in [0, 0.05) is 32.7 Å². The maximum atomic E-state index is 12.6. The van der Waals surface area contributed by atoms with E-state index in [4.69, 9.17) is 0 Å². The summed E-state index contributed by atoms with van der Waals surface area (Å²) < 4.78 is 1.76. The molecule has 2 aromatic carbocycles. The van der Waals surface area contributed by atoms with E-state index in [2.05, 4.69) is 30.6 Å². The van der Waals surface area contributed by atoms with Crippen LogP contribution in [0.3, 0.4) is 0 Å². The van der Waals surface area contributed by atoms with E-state index in [0.29, 0.717) is 6.54 Å². The number of aromatic nitrogens is 4. The number of carbonyl (C=O) groups excluding carboxylic acids is 1. The molecule has 0 bridgehead atoms. The zero-order valence-corrected chi connectivity index (χ0v) is 16.5. The minimum absolute atomic E-state index is 0.0522. The van der Waals surface area contributed by atoms with E-state index in [1.165, 1.54) is 0 Å². The van der Waals surface area contributed by atoms with Gasteiger partial charge in [0.2, 0.25) is 11.9 Å². The Bertz CT molecular complexity index is 920. The number of para-hydroxylation sites is 1. The number of amides is 1. The zero-order valence-electron chi connectivity index (χ0n) is 16.5. The topological polar surface area (TPSA) is 79.2 Å². The largest absolute Gasteiger partial charge is 0.351 e. The molecular formula is C21H25N7O. The fourth-order valence-electron chi connectivity index (χ4n) is 3.52. The van der Waals surface area contributed by atoms with Crippen molar-refractivity contribution in [3.8, 4) is 5.69 Å². The Labute approximate surface area is 170 Å². The summed E-state index contributed by atoms with van der Waals surface area (Å²) in [5.74, 6) is 0.786. The Morgan fingerprint density at radius 2 is 1.66 bits per heavy atom. The van der Waals surface area contributed by atoms with Crippen LogP contribution in [-0.4, -0.2) is 63.2 Å². The van der Waals surface area contributed by atoms with Crippen LogP contribution in [-0.2, 0) is 11.3 Å². The third kappa shape index (κ3) is 4.43. The van der Waals surface area contributed by atoms with Crippen molar-refractivity contribution in [1.82, 2.24) is 30.4 Å². The Hall–Kier alpha value is -3.26. The second-order valence-electron chi connectivity index (χ2n) is 7.13. The van der Waals surface area contributed by atoms with Crippen molar-refractivity contribution in [2.75, 3.05) is 31.1 Å². The molecule has 1 N–H and O–H groups in total.